The molecule has 204 valence electrons. The Bertz CT molecular complexity index is 1650. The largest absolute Gasteiger partial charge is 0.504 e. The molecule has 0 bridgehead atoms. The van der Waals surface area contributed by atoms with E-state index in [-0.39, 0.29) is 32.9 Å². The highest BCUT2D eigenvalue weighted by molar-refractivity contribution is 7.07. The highest BCUT2D eigenvalue weighted by Crippen LogP contribution is 2.35. The molecule has 1 aliphatic rings. The van der Waals surface area contributed by atoms with Crippen molar-refractivity contribution in [2.45, 2.75) is 39.8 Å². The number of non-ortho nitro benzene ring substituents is 1. The number of hydrogen-bond donors (Lipinski definition) is 1. The maximum Gasteiger partial charge on any atom is 0.338 e. The van der Waals surface area contributed by atoms with Crippen molar-refractivity contribution < 1.29 is 29.0 Å². The summed E-state index contributed by atoms with van der Waals surface area (Å²) in [6.07, 6.45) is 0.949. The first-order valence-electron chi connectivity index (χ1n) is 12.1. The Hall–Kier alpha value is -4.45. The fourth-order valence-corrected chi connectivity index (χ4v) is 5.25. The number of benzene rings is 2. The van der Waals surface area contributed by atoms with Crippen LogP contribution < -0.4 is 24.4 Å². The fourth-order valence-electron chi connectivity index (χ4n) is 4.22. The molecule has 3 aromatic rings. The predicted molar refractivity (Wildman–Crippen MR) is 144 cm³/mol. The third-order valence-corrected chi connectivity index (χ3v) is 6.88. The van der Waals surface area contributed by atoms with E-state index in [1.165, 1.54) is 17.8 Å². The van der Waals surface area contributed by atoms with Crippen molar-refractivity contribution >= 4 is 29.1 Å². The number of aromatic nitrogens is 1. The zero-order chi connectivity index (χ0) is 28.4. The van der Waals surface area contributed by atoms with Crippen molar-refractivity contribution in [2.24, 2.45) is 4.99 Å². The zero-order valence-corrected chi connectivity index (χ0v) is 22.8. The lowest BCUT2D eigenvalue weighted by atomic mass is 9.96. The van der Waals surface area contributed by atoms with Gasteiger partial charge in [-0.1, -0.05) is 23.5 Å². The number of rotatable bonds is 8. The van der Waals surface area contributed by atoms with E-state index in [0.717, 1.165) is 23.5 Å². The van der Waals surface area contributed by atoms with Gasteiger partial charge in [0.05, 0.1) is 52.7 Å². The van der Waals surface area contributed by atoms with Gasteiger partial charge in [-0.3, -0.25) is 19.5 Å². The van der Waals surface area contributed by atoms with Gasteiger partial charge in [0.15, 0.2) is 16.3 Å². The van der Waals surface area contributed by atoms with Gasteiger partial charge in [-0.2, -0.15) is 0 Å². The Morgan fingerprint density at radius 1 is 1.28 bits per heavy atom. The maximum atomic E-state index is 13.8. The van der Waals surface area contributed by atoms with Gasteiger partial charge in [-0.15, -0.1) is 0 Å². The van der Waals surface area contributed by atoms with Crippen LogP contribution in [0.5, 0.6) is 17.2 Å². The Balaban J connectivity index is 1.95. The molecule has 1 N–H and O–H groups in total. The fraction of sp³-hybridized carbons (Fsp3) is 0.296. The number of hydrogen-bond acceptors (Lipinski definition) is 10. The standard InChI is InChI=1S/C27H27N3O8S/c1-6-37-19-9-7-16(8-10-19)23-22(26(33)38-14(2)3)15(4)28-27-29(23)25(32)21(39-27)12-17-11-18(30(34)35)13-20(36-5)24(17)31/h7-14,23,31H,6H2,1-5H3/b21-12-/t23-/m1/s1. The number of allylic oxidation sites excluding steroid dienone is 1. The van der Waals surface area contributed by atoms with Crippen LogP contribution in [0.4, 0.5) is 5.69 Å². The molecule has 4 rings (SSSR count). The quantitative estimate of drug-likeness (QED) is 0.255. The van der Waals surface area contributed by atoms with Crippen LogP contribution in [0.2, 0.25) is 0 Å². The van der Waals surface area contributed by atoms with E-state index in [2.05, 4.69) is 4.99 Å². The topological polar surface area (TPSA) is 142 Å². The average Bonchev–Trinajstić information content (AvgIpc) is 3.18. The summed E-state index contributed by atoms with van der Waals surface area (Å²) in [5, 5.41) is 22.0. The summed E-state index contributed by atoms with van der Waals surface area (Å²) in [4.78, 5) is 42.6. The van der Waals surface area contributed by atoms with Crippen LogP contribution in [-0.2, 0) is 9.53 Å². The van der Waals surface area contributed by atoms with Gasteiger partial charge >= 0.3 is 5.97 Å². The van der Waals surface area contributed by atoms with E-state index in [4.69, 9.17) is 14.2 Å². The molecule has 2 aromatic carbocycles. The van der Waals surface area contributed by atoms with E-state index < -0.39 is 28.6 Å². The van der Waals surface area contributed by atoms with Crippen LogP contribution >= 0.6 is 11.3 Å². The van der Waals surface area contributed by atoms with Crippen LogP contribution in [-0.4, -0.2) is 40.4 Å². The van der Waals surface area contributed by atoms with E-state index >= 15 is 0 Å². The number of esters is 1. The Kier molecular flexibility index (Phi) is 7.86. The molecule has 1 atom stereocenters. The normalized spacial score (nSPS) is 15.1. The summed E-state index contributed by atoms with van der Waals surface area (Å²) >= 11 is 1.03. The third kappa shape index (κ3) is 5.41. The molecule has 12 heteroatoms. The minimum atomic E-state index is -0.849. The first-order valence-corrected chi connectivity index (χ1v) is 12.9. The van der Waals surface area contributed by atoms with Crippen LogP contribution in [0.1, 0.15) is 44.9 Å². The van der Waals surface area contributed by atoms with E-state index in [0.29, 0.717) is 28.4 Å². The van der Waals surface area contributed by atoms with E-state index in [9.17, 15) is 24.8 Å². The minimum Gasteiger partial charge on any atom is -0.504 e. The molecule has 2 heterocycles. The number of thiazole rings is 1. The molecule has 0 saturated heterocycles. The van der Waals surface area contributed by atoms with Crippen molar-refractivity contribution in [1.82, 2.24) is 4.57 Å². The molecule has 1 aromatic heterocycles. The van der Waals surface area contributed by atoms with Gasteiger partial charge in [0.1, 0.15) is 5.75 Å². The Morgan fingerprint density at radius 3 is 2.56 bits per heavy atom. The summed E-state index contributed by atoms with van der Waals surface area (Å²) in [6.45, 7) is 7.48. The number of carbonyl (C=O) groups excluding carboxylic acids is 1. The number of nitrogens with zero attached hydrogens (tertiary/aromatic N) is 3. The molecule has 39 heavy (non-hydrogen) atoms. The SMILES string of the molecule is CCOc1ccc([C@@H]2C(C(=O)OC(C)C)=C(C)N=c3s/c(=C\c4cc([N+](=O)[O-])cc(OC)c4O)c(=O)n32)cc1. The molecule has 0 amide bonds. The number of ether oxygens (including phenoxy) is 3. The number of nitro benzene ring substituents is 1. The monoisotopic (exact) mass is 553 g/mol. The molecule has 0 fully saturated rings. The molecule has 0 radical (unpaired) electrons. The van der Waals surface area contributed by atoms with Crippen molar-refractivity contribution in [1.29, 1.82) is 0 Å². The molecule has 0 saturated carbocycles. The van der Waals surface area contributed by atoms with Crippen molar-refractivity contribution in [2.75, 3.05) is 13.7 Å². The molecule has 1 aliphatic heterocycles. The number of methoxy groups -OCH3 is 1. The highest BCUT2D eigenvalue weighted by atomic mass is 32.1. The summed E-state index contributed by atoms with van der Waals surface area (Å²) < 4.78 is 17.6. The lowest BCUT2D eigenvalue weighted by Crippen LogP contribution is -2.40. The number of nitro groups is 1. The summed E-state index contributed by atoms with van der Waals surface area (Å²) in [5.41, 5.74) is 0.462. The number of fused-ring (bicyclic) bond motifs is 1. The smallest absolute Gasteiger partial charge is 0.338 e. The van der Waals surface area contributed by atoms with Crippen LogP contribution in [0.15, 0.2) is 57.5 Å². The Labute approximate surface area is 227 Å². The van der Waals surface area contributed by atoms with Gasteiger partial charge in [0.25, 0.3) is 11.2 Å². The second-order valence-corrected chi connectivity index (χ2v) is 9.89. The van der Waals surface area contributed by atoms with Crippen LogP contribution in [0, 0.1) is 10.1 Å². The van der Waals surface area contributed by atoms with Gasteiger partial charge in [-0.25, -0.2) is 9.79 Å². The summed E-state index contributed by atoms with van der Waals surface area (Å²) in [5.74, 6) is -0.421. The average molecular weight is 554 g/mol. The Morgan fingerprint density at radius 2 is 1.97 bits per heavy atom. The van der Waals surface area contributed by atoms with Gasteiger partial charge in [0.2, 0.25) is 0 Å². The third-order valence-electron chi connectivity index (χ3n) is 5.90. The maximum absolute atomic E-state index is 13.8. The molecule has 0 spiro atoms. The molecule has 0 aliphatic carbocycles. The first kappa shape index (κ1) is 27.6. The van der Waals surface area contributed by atoms with Crippen molar-refractivity contribution in [3.05, 3.63) is 88.6 Å². The second-order valence-electron chi connectivity index (χ2n) is 8.88. The first-order chi connectivity index (χ1) is 18.5. The highest BCUT2D eigenvalue weighted by Gasteiger charge is 2.34. The molecular formula is C27H27N3O8S. The predicted octanol–water partition coefficient (Wildman–Crippen LogP) is 3.21. The lowest BCUT2D eigenvalue weighted by Gasteiger charge is -2.25. The lowest BCUT2D eigenvalue weighted by molar-refractivity contribution is -0.385. The number of aromatic hydroxyl groups is 1. The zero-order valence-electron chi connectivity index (χ0n) is 22.0. The van der Waals surface area contributed by atoms with Gasteiger partial charge in [-0.05, 0) is 51.5 Å². The van der Waals surface area contributed by atoms with Crippen LogP contribution in [0.3, 0.4) is 0 Å². The number of phenols is 1. The molecular weight excluding hydrogens is 526 g/mol. The second kappa shape index (κ2) is 11.1. The number of phenolic OH excluding ortho intramolecular Hbond substituents is 1. The summed E-state index contributed by atoms with van der Waals surface area (Å²) in [7, 11) is 1.27. The minimum absolute atomic E-state index is 0.0269. The molecule has 0 unspecified atom stereocenters. The van der Waals surface area contributed by atoms with E-state index in [1.807, 2.05) is 6.92 Å². The van der Waals surface area contributed by atoms with Gasteiger partial charge < -0.3 is 19.3 Å². The summed E-state index contributed by atoms with van der Waals surface area (Å²) in [6, 6.07) is 8.44. The van der Waals surface area contributed by atoms with Crippen molar-refractivity contribution in [3.63, 3.8) is 0 Å². The van der Waals surface area contributed by atoms with Crippen molar-refractivity contribution in [3.8, 4) is 17.2 Å². The van der Waals surface area contributed by atoms with Crippen LogP contribution in [0.25, 0.3) is 6.08 Å². The van der Waals surface area contributed by atoms with Gasteiger partial charge in [0, 0.05) is 11.6 Å². The van der Waals surface area contributed by atoms with E-state index in [1.54, 1.807) is 45.0 Å². The molecule has 11 nitrogen and oxygen atoms in total. The number of carbonyl (C=O) groups is 1.